The Balaban J connectivity index is -0.000000241. The number of carboxylic acid groups (broad SMARTS) is 4. The average Bonchev–Trinajstić information content (AvgIpc) is 2.89. The zero-order valence-electron chi connectivity index (χ0n) is 28.6. The zero-order chi connectivity index (χ0) is 34.3. The van der Waals surface area contributed by atoms with Gasteiger partial charge in [0, 0.05) is 5.57 Å². The van der Waals surface area contributed by atoms with Crippen molar-refractivity contribution < 1.29 is 48.6 Å². The third-order valence-electron chi connectivity index (χ3n) is 6.61. The van der Waals surface area contributed by atoms with E-state index in [0.717, 1.165) is 0 Å². The molecule has 43 heavy (non-hydrogen) atoms. The second-order valence-corrected chi connectivity index (χ2v) is 10.9. The molecule has 10 heteroatoms. The zero-order valence-corrected chi connectivity index (χ0v) is 28.6. The van der Waals surface area contributed by atoms with Crippen LogP contribution in [0.2, 0.25) is 0 Å². The van der Waals surface area contributed by atoms with Crippen molar-refractivity contribution in [2.45, 2.75) is 113 Å². The van der Waals surface area contributed by atoms with E-state index in [2.05, 4.69) is 62.0 Å². The quantitative estimate of drug-likeness (QED) is 0.145. The Morgan fingerprint density at radius 3 is 0.837 bits per heavy atom. The molecule has 0 aliphatic rings. The van der Waals surface area contributed by atoms with Crippen LogP contribution in [0.5, 0.6) is 0 Å². The Kier molecular flexibility index (Phi) is 33.7. The number of rotatable bonds is 21. The lowest BCUT2D eigenvalue weighted by Crippen LogP contribution is -2.50. The molecule has 254 valence electrons. The number of hydrogen-bond acceptors (Lipinski definition) is 6. The van der Waals surface area contributed by atoms with Crippen molar-refractivity contribution in [3.8, 4) is 0 Å². The summed E-state index contributed by atoms with van der Waals surface area (Å²) in [6.45, 7) is 32.6. The Morgan fingerprint density at radius 2 is 0.744 bits per heavy atom. The predicted molar refractivity (Wildman–Crippen MR) is 170 cm³/mol. The highest BCUT2D eigenvalue weighted by Gasteiger charge is 2.23. The van der Waals surface area contributed by atoms with Crippen LogP contribution < -0.4 is 10.2 Å². The molecule has 0 fully saturated rings. The molecule has 0 aromatic carbocycles. The average molecular weight is 617 g/mol. The molecule has 0 bridgehead atoms. The summed E-state index contributed by atoms with van der Waals surface area (Å²) < 4.78 is 2.75. The fourth-order valence-electron chi connectivity index (χ4n) is 5.53. The van der Waals surface area contributed by atoms with E-state index in [1.54, 1.807) is 0 Å². The van der Waals surface area contributed by atoms with Crippen molar-refractivity contribution >= 4 is 23.9 Å². The van der Waals surface area contributed by atoms with Crippen LogP contribution in [0.3, 0.4) is 0 Å². The summed E-state index contributed by atoms with van der Waals surface area (Å²) in [5, 5.41) is 34.9. The van der Waals surface area contributed by atoms with Gasteiger partial charge in [0.15, 0.2) is 0 Å². The first-order valence-corrected chi connectivity index (χ1v) is 16.1. The van der Waals surface area contributed by atoms with Crippen LogP contribution in [0, 0.1) is 0 Å². The van der Waals surface area contributed by atoms with Gasteiger partial charge in [-0.25, -0.2) is 4.79 Å². The molecule has 0 heterocycles. The van der Waals surface area contributed by atoms with Gasteiger partial charge in [0.1, 0.15) is 0 Å². The van der Waals surface area contributed by atoms with E-state index < -0.39 is 30.3 Å². The van der Waals surface area contributed by atoms with E-state index in [1.807, 2.05) is 0 Å². The molecule has 0 aromatic heterocycles. The number of carboxylic acids is 4. The Bertz CT molecular complexity index is 678. The number of carbonyl (C=O) groups is 4. The molecule has 10 nitrogen and oxygen atoms in total. The van der Waals surface area contributed by atoms with Crippen LogP contribution in [0.25, 0.3) is 0 Å². The van der Waals surface area contributed by atoms with Crippen molar-refractivity contribution in [3.63, 3.8) is 0 Å². The molecule has 0 saturated carbocycles. The van der Waals surface area contributed by atoms with E-state index in [0.29, 0.717) is 12.2 Å². The summed E-state index contributed by atoms with van der Waals surface area (Å²) >= 11 is 0. The first-order chi connectivity index (χ1) is 20.1. The Hall–Kier alpha value is -2.72. The number of hydrogen-bond donors (Lipinski definition) is 2. The highest BCUT2D eigenvalue weighted by Crippen LogP contribution is 2.13. The molecule has 0 saturated heterocycles. The van der Waals surface area contributed by atoms with Gasteiger partial charge in [-0.2, -0.15) is 0 Å². The number of nitrogens with zero attached hydrogens (tertiary/aromatic N) is 2. The van der Waals surface area contributed by atoms with Crippen molar-refractivity contribution in [3.05, 3.63) is 24.3 Å². The third kappa shape index (κ3) is 30.5. The summed E-state index contributed by atoms with van der Waals surface area (Å²) in [5.74, 6) is -5.54. The molecule has 0 atom stereocenters. The van der Waals surface area contributed by atoms with Crippen molar-refractivity contribution in [2.75, 3.05) is 52.4 Å². The minimum absolute atomic E-state index is 0.303. The second-order valence-electron chi connectivity index (χ2n) is 10.9. The SMILES string of the molecule is C=C(CC(=O)O)C(=O)O.CCC[N+](CCC)(CCC)CCC.CCC[N+](CCC)(CCC)CCC.O=C([O-])/C=C\C(=O)[O-]. The molecule has 0 aliphatic carbocycles. The molecule has 2 N–H and O–H groups in total. The summed E-state index contributed by atoms with van der Waals surface area (Å²) in [6.07, 6.45) is 10.9. The minimum atomic E-state index is -1.55. The summed E-state index contributed by atoms with van der Waals surface area (Å²) in [4.78, 5) is 38.5. The molecule has 0 aliphatic heterocycles. The predicted octanol–water partition coefficient (Wildman–Crippen LogP) is 4.03. The van der Waals surface area contributed by atoms with E-state index in [9.17, 15) is 29.4 Å². The number of carbonyl (C=O) groups excluding carboxylic acids is 2. The van der Waals surface area contributed by atoms with E-state index in [1.165, 1.54) is 113 Å². The fraction of sp³-hybridized carbons (Fsp3) is 0.758. The lowest BCUT2D eigenvalue weighted by molar-refractivity contribution is -0.928. The van der Waals surface area contributed by atoms with E-state index >= 15 is 0 Å². The van der Waals surface area contributed by atoms with Crippen LogP contribution in [0.4, 0.5) is 0 Å². The lowest BCUT2D eigenvalue weighted by Gasteiger charge is -2.38. The lowest BCUT2D eigenvalue weighted by atomic mass is 10.2. The van der Waals surface area contributed by atoms with Gasteiger partial charge < -0.3 is 39.0 Å². The summed E-state index contributed by atoms with van der Waals surface area (Å²) in [7, 11) is 0. The van der Waals surface area contributed by atoms with Gasteiger partial charge in [-0.3, -0.25) is 4.79 Å². The normalized spacial score (nSPS) is 10.8. The maximum Gasteiger partial charge on any atom is 0.331 e. The second kappa shape index (κ2) is 30.7. The smallest absolute Gasteiger partial charge is 0.331 e. The van der Waals surface area contributed by atoms with Crippen LogP contribution in [-0.4, -0.2) is 95.4 Å². The maximum atomic E-state index is 9.87. The number of quaternary nitrogens is 2. The van der Waals surface area contributed by atoms with E-state index in [4.69, 9.17) is 10.2 Å². The first kappa shape index (κ1) is 47.2. The van der Waals surface area contributed by atoms with Crippen LogP contribution in [-0.2, 0) is 19.2 Å². The monoisotopic (exact) mass is 616 g/mol. The van der Waals surface area contributed by atoms with Gasteiger partial charge in [-0.05, 0) is 63.5 Å². The van der Waals surface area contributed by atoms with Crippen LogP contribution in [0.1, 0.15) is 113 Å². The highest BCUT2D eigenvalue weighted by atomic mass is 16.4. The standard InChI is InChI=1S/2C12H28N.C5H6O4.C4H4O4/c2*1-5-9-13(10-6-2,11-7-3)12-8-4;1-3(5(8)9)2-4(6)7;5-3(6)1-2-4(7)8/h2*5-12H2,1-4H3;1-2H2,(H,6,7)(H,8,9);1-2H,(H,5,6)(H,7,8)/q2*+1;;/p-2/b;;;2-1-. The van der Waals surface area contributed by atoms with Crippen molar-refractivity contribution in [1.82, 2.24) is 0 Å². The van der Waals surface area contributed by atoms with Gasteiger partial charge >= 0.3 is 11.9 Å². The van der Waals surface area contributed by atoms with Gasteiger partial charge in [0.2, 0.25) is 0 Å². The van der Waals surface area contributed by atoms with Gasteiger partial charge in [-0.15, -0.1) is 0 Å². The molecule has 0 aromatic rings. The number of aliphatic carboxylic acids is 4. The molecule has 0 spiro atoms. The first-order valence-electron chi connectivity index (χ1n) is 16.1. The topological polar surface area (TPSA) is 155 Å². The summed E-state index contributed by atoms with van der Waals surface area (Å²) in [5.41, 5.74) is -0.303. The minimum Gasteiger partial charge on any atom is -0.545 e. The molecule has 0 rings (SSSR count). The van der Waals surface area contributed by atoms with Gasteiger partial charge in [-0.1, -0.05) is 62.0 Å². The van der Waals surface area contributed by atoms with Crippen molar-refractivity contribution in [2.24, 2.45) is 0 Å². The van der Waals surface area contributed by atoms with Gasteiger partial charge in [0.05, 0.1) is 70.7 Å². The Morgan fingerprint density at radius 1 is 0.535 bits per heavy atom. The van der Waals surface area contributed by atoms with E-state index in [-0.39, 0.29) is 5.57 Å². The molecule has 0 radical (unpaired) electrons. The Labute approximate surface area is 262 Å². The largest absolute Gasteiger partial charge is 0.545 e. The maximum absolute atomic E-state index is 9.87. The molecular weight excluding hydrogens is 552 g/mol. The highest BCUT2D eigenvalue weighted by molar-refractivity contribution is 5.91. The summed E-state index contributed by atoms with van der Waals surface area (Å²) in [6, 6.07) is 0. The third-order valence-corrected chi connectivity index (χ3v) is 6.61. The van der Waals surface area contributed by atoms with Crippen LogP contribution >= 0.6 is 0 Å². The fourth-order valence-corrected chi connectivity index (χ4v) is 5.53. The molecular formula is C33H64N2O8. The van der Waals surface area contributed by atoms with Crippen molar-refractivity contribution in [1.29, 1.82) is 0 Å². The van der Waals surface area contributed by atoms with Gasteiger partial charge in [0.25, 0.3) is 0 Å². The molecule has 0 amide bonds. The molecule has 0 unspecified atom stereocenters. The van der Waals surface area contributed by atoms with Crippen LogP contribution in [0.15, 0.2) is 24.3 Å².